The normalized spacial score (nSPS) is 11.5. The Bertz CT molecular complexity index is 450. The lowest BCUT2D eigenvalue weighted by atomic mass is 10.1. The van der Waals surface area contributed by atoms with Gasteiger partial charge < -0.3 is 0 Å². The summed E-state index contributed by atoms with van der Waals surface area (Å²) in [5, 5.41) is 0. The molecule has 0 fully saturated rings. The summed E-state index contributed by atoms with van der Waals surface area (Å²) in [7, 11) is -3.63. The van der Waals surface area contributed by atoms with E-state index in [1.807, 2.05) is 12.1 Å². The average molecular weight is 398 g/mol. The number of Topliss-reactive ketones (excluding diaryl/α,β-unsaturated/α-hetero) is 1. The van der Waals surface area contributed by atoms with Gasteiger partial charge in [0.1, 0.15) is 6.61 Å². The lowest BCUT2D eigenvalue weighted by Crippen LogP contribution is -2.10. The molecule has 0 unspecified atom stereocenters. The fourth-order valence-electron chi connectivity index (χ4n) is 1.28. The van der Waals surface area contributed by atoms with E-state index < -0.39 is 7.82 Å². The number of phosphoric acid groups is 1. The number of hydrogen-bond donors (Lipinski definition) is 0. The summed E-state index contributed by atoms with van der Waals surface area (Å²) >= 11 is 2.15. The quantitative estimate of drug-likeness (QED) is 0.380. The number of benzene rings is 1. The number of hydrogen-bond acceptors (Lipinski definition) is 5. The third-order valence-electron chi connectivity index (χ3n) is 2.09. The number of carbonyl (C=O) groups excluding carboxylic acids is 1. The van der Waals surface area contributed by atoms with E-state index in [9.17, 15) is 9.36 Å². The van der Waals surface area contributed by atoms with E-state index >= 15 is 0 Å². The Morgan fingerprint density at radius 1 is 1.11 bits per heavy atom. The Balaban J connectivity index is 2.61. The molecule has 0 aliphatic heterocycles. The molecule has 0 aromatic heterocycles. The van der Waals surface area contributed by atoms with Crippen LogP contribution in [-0.4, -0.2) is 25.6 Å². The molecule has 0 aliphatic carbocycles. The summed E-state index contributed by atoms with van der Waals surface area (Å²) in [6.07, 6.45) is 0. The molecule has 0 saturated carbocycles. The van der Waals surface area contributed by atoms with Crippen molar-refractivity contribution in [3.8, 4) is 0 Å². The lowest BCUT2D eigenvalue weighted by Gasteiger charge is -2.15. The van der Waals surface area contributed by atoms with Crippen molar-refractivity contribution in [3.05, 3.63) is 33.4 Å². The maximum absolute atomic E-state index is 12.0. The topological polar surface area (TPSA) is 61.8 Å². The van der Waals surface area contributed by atoms with Crippen LogP contribution in [0, 0.1) is 3.57 Å². The van der Waals surface area contributed by atoms with Crippen molar-refractivity contribution >= 4 is 36.2 Å². The zero-order valence-corrected chi connectivity index (χ0v) is 13.8. The van der Waals surface area contributed by atoms with Gasteiger partial charge in [0.05, 0.1) is 13.2 Å². The van der Waals surface area contributed by atoms with E-state index in [1.165, 1.54) is 0 Å². The predicted molar refractivity (Wildman–Crippen MR) is 80.3 cm³/mol. The second kappa shape index (κ2) is 8.11. The lowest BCUT2D eigenvalue weighted by molar-refractivity contribution is 0.0816. The van der Waals surface area contributed by atoms with Crippen molar-refractivity contribution in [1.82, 2.24) is 0 Å². The SMILES string of the molecule is CCOP(=O)(OCC)OCC(=O)c1ccc(I)cc1. The smallest absolute Gasteiger partial charge is 0.292 e. The van der Waals surface area contributed by atoms with Crippen LogP contribution >= 0.6 is 30.4 Å². The molecule has 0 saturated heterocycles. The summed E-state index contributed by atoms with van der Waals surface area (Å²) in [5.74, 6) is -0.268. The zero-order valence-electron chi connectivity index (χ0n) is 10.8. The number of carbonyl (C=O) groups is 1. The molecule has 7 heteroatoms. The van der Waals surface area contributed by atoms with Crippen molar-refractivity contribution in [3.63, 3.8) is 0 Å². The van der Waals surface area contributed by atoms with Crippen LogP contribution in [0.2, 0.25) is 0 Å². The first-order valence-corrected chi connectivity index (χ1v) is 8.37. The number of ketones is 1. The molecule has 0 bridgehead atoms. The Kier molecular flexibility index (Phi) is 7.17. The van der Waals surface area contributed by atoms with Crippen LogP contribution < -0.4 is 0 Å². The van der Waals surface area contributed by atoms with Crippen LogP contribution in [0.5, 0.6) is 0 Å². The van der Waals surface area contributed by atoms with Gasteiger partial charge in [-0.05, 0) is 48.6 Å². The van der Waals surface area contributed by atoms with Gasteiger partial charge in [-0.15, -0.1) is 0 Å². The first-order chi connectivity index (χ1) is 9.00. The van der Waals surface area contributed by atoms with Gasteiger partial charge >= 0.3 is 7.82 Å². The molecule has 0 heterocycles. The van der Waals surface area contributed by atoms with E-state index in [4.69, 9.17) is 13.6 Å². The Morgan fingerprint density at radius 3 is 2.11 bits per heavy atom. The van der Waals surface area contributed by atoms with Crippen LogP contribution in [0.15, 0.2) is 24.3 Å². The summed E-state index contributed by atoms with van der Waals surface area (Å²) in [5.41, 5.74) is 0.500. The molecule has 0 atom stereocenters. The minimum absolute atomic E-state index is 0.189. The van der Waals surface area contributed by atoms with Gasteiger partial charge in [-0.25, -0.2) is 4.57 Å². The van der Waals surface area contributed by atoms with Crippen LogP contribution in [0.25, 0.3) is 0 Å². The zero-order chi connectivity index (χ0) is 14.3. The van der Waals surface area contributed by atoms with Crippen molar-refractivity contribution in [2.24, 2.45) is 0 Å². The van der Waals surface area contributed by atoms with E-state index in [0.29, 0.717) is 5.56 Å². The van der Waals surface area contributed by atoms with Gasteiger partial charge in [0, 0.05) is 9.13 Å². The van der Waals surface area contributed by atoms with Gasteiger partial charge in [-0.2, -0.15) is 0 Å². The molecule has 0 radical (unpaired) electrons. The fraction of sp³-hybridized carbons (Fsp3) is 0.417. The monoisotopic (exact) mass is 398 g/mol. The minimum Gasteiger partial charge on any atom is -0.292 e. The second-order valence-electron chi connectivity index (χ2n) is 3.49. The summed E-state index contributed by atoms with van der Waals surface area (Å²) in [6, 6.07) is 7.02. The molecule has 0 aliphatic rings. The van der Waals surface area contributed by atoms with Gasteiger partial charge in [-0.3, -0.25) is 18.4 Å². The second-order valence-corrected chi connectivity index (χ2v) is 6.40. The summed E-state index contributed by atoms with van der Waals surface area (Å²) < 4.78 is 27.9. The number of halogens is 1. The van der Waals surface area contributed by atoms with Crippen molar-refractivity contribution in [2.75, 3.05) is 19.8 Å². The molecule has 1 aromatic rings. The minimum atomic E-state index is -3.63. The van der Waals surface area contributed by atoms with E-state index in [-0.39, 0.29) is 25.6 Å². The molecule has 19 heavy (non-hydrogen) atoms. The Morgan fingerprint density at radius 2 is 1.63 bits per heavy atom. The number of rotatable bonds is 8. The molecule has 0 spiro atoms. The Hall–Kier alpha value is -0.270. The summed E-state index contributed by atoms with van der Waals surface area (Å²) in [6.45, 7) is 3.40. The first-order valence-electron chi connectivity index (χ1n) is 5.83. The van der Waals surface area contributed by atoms with E-state index in [1.54, 1.807) is 26.0 Å². The molecule has 0 amide bonds. The molecule has 1 aromatic carbocycles. The predicted octanol–water partition coefficient (Wildman–Crippen LogP) is 3.67. The highest BCUT2D eigenvalue weighted by atomic mass is 127. The molecule has 0 N–H and O–H groups in total. The van der Waals surface area contributed by atoms with E-state index in [2.05, 4.69) is 22.6 Å². The number of phosphoric ester groups is 1. The van der Waals surface area contributed by atoms with Crippen molar-refractivity contribution in [2.45, 2.75) is 13.8 Å². The van der Waals surface area contributed by atoms with Crippen LogP contribution in [0.3, 0.4) is 0 Å². The maximum atomic E-state index is 12.0. The van der Waals surface area contributed by atoms with Crippen LogP contribution in [0.4, 0.5) is 0 Å². The van der Waals surface area contributed by atoms with Crippen LogP contribution in [-0.2, 0) is 18.1 Å². The highest BCUT2D eigenvalue weighted by molar-refractivity contribution is 14.1. The molecule has 5 nitrogen and oxygen atoms in total. The largest absolute Gasteiger partial charge is 0.475 e. The van der Waals surface area contributed by atoms with Crippen LogP contribution in [0.1, 0.15) is 24.2 Å². The summed E-state index contributed by atoms with van der Waals surface area (Å²) in [4.78, 5) is 11.9. The van der Waals surface area contributed by atoms with Gasteiger partial charge in [-0.1, -0.05) is 12.1 Å². The fourth-order valence-corrected chi connectivity index (χ4v) is 2.78. The molecular weight excluding hydrogens is 382 g/mol. The third-order valence-corrected chi connectivity index (χ3v) is 4.41. The average Bonchev–Trinajstić information content (AvgIpc) is 2.37. The van der Waals surface area contributed by atoms with Crippen molar-refractivity contribution < 1.29 is 22.9 Å². The molecular formula is C12H16IO5P. The van der Waals surface area contributed by atoms with Crippen molar-refractivity contribution in [1.29, 1.82) is 0 Å². The standard InChI is InChI=1S/C12H16IO5P/c1-3-16-19(15,17-4-2)18-9-12(14)10-5-7-11(13)8-6-10/h5-8H,3-4,9H2,1-2H3. The highest BCUT2D eigenvalue weighted by Crippen LogP contribution is 2.49. The first kappa shape index (κ1) is 16.8. The Labute approximate surface area is 126 Å². The third kappa shape index (κ3) is 5.71. The van der Waals surface area contributed by atoms with E-state index in [0.717, 1.165) is 3.57 Å². The molecule has 1 rings (SSSR count). The van der Waals surface area contributed by atoms with Gasteiger partial charge in [0.15, 0.2) is 5.78 Å². The van der Waals surface area contributed by atoms with Gasteiger partial charge in [0.2, 0.25) is 0 Å². The molecule has 106 valence electrons. The maximum Gasteiger partial charge on any atom is 0.475 e. The van der Waals surface area contributed by atoms with Gasteiger partial charge in [0.25, 0.3) is 0 Å². The highest BCUT2D eigenvalue weighted by Gasteiger charge is 2.26.